The lowest BCUT2D eigenvalue weighted by atomic mass is 10.1. The normalized spacial score (nSPS) is 12.3. The van der Waals surface area contributed by atoms with Crippen molar-refractivity contribution in [2.24, 2.45) is 5.92 Å². The van der Waals surface area contributed by atoms with Crippen molar-refractivity contribution in [1.29, 1.82) is 0 Å². The van der Waals surface area contributed by atoms with Crippen LogP contribution >= 0.6 is 0 Å². The minimum atomic E-state index is -0.0670. The Morgan fingerprint density at radius 1 is 1.24 bits per heavy atom. The molecule has 0 aliphatic heterocycles. The molecule has 1 aromatic carbocycles. The van der Waals surface area contributed by atoms with E-state index in [4.69, 9.17) is 0 Å². The van der Waals surface area contributed by atoms with Gasteiger partial charge >= 0.3 is 0 Å². The summed E-state index contributed by atoms with van der Waals surface area (Å²) in [4.78, 5) is 21.4. The fraction of sp³-hybridized carbons (Fsp3) is 0.350. The lowest BCUT2D eigenvalue weighted by Gasteiger charge is -2.15. The Hall–Kier alpha value is -2.69. The highest BCUT2D eigenvalue weighted by atomic mass is 16.1. The molecule has 0 bridgehead atoms. The Kier molecular flexibility index (Phi) is 4.83. The van der Waals surface area contributed by atoms with Crippen LogP contribution in [0.2, 0.25) is 0 Å². The third-order valence-electron chi connectivity index (χ3n) is 4.45. The van der Waals surface area contributed by atoms with Crippen molar-refractivity contribution in [2.75, 3.05) is 6.54 Å². The number of benzene rings is 1. The molecule has 0 radical (unpaired) electrons. The van der Waals surface area contributed by atoms with E-state index in [0.29, 0.717) is 18.0 Å². The molecule has 0 aliphatic carbocycles. The van der Waals surface area contributed by atoms with E-state index in [1.807, 2.05) is 45.2 Å². The summed E-state index contributed by atoms with van der Waals surface area (Å²) in [5, 5.41) is 4.04. The summed E-state index contributed by atoms with van der Waals surface area (Å²) in [6, 6.07) is 8.02. The zero-order valence-electron chi connectivity index (χ0n) is 15.2. The number of nitrogens with zero attached hydrogens (tertiary/aromatic N) is 3. The van der Waals surface area contributed by atoms with Gasteiger partial charge in [-0.3, -0.25) is 9.78 Å². The van der Waals surface area contributed by atoms with Crippen molar-refractivity contribution < 1.29 is 4.79 Å². The van der Waals surface area contributed by atoms with E-state index in [0.717, 1.165) is 34.5 Å². The zero-order valence-corrected chi connectivity index (χ0v) is 15.2. The summed E-state index contributed by atoms with van der Waals surface area (Å²) >= 11 is 0. The van der Waals surface area contributed by atoms with Crippen LogP contribution in [0.4, 0.5) is 0 Å². The fourth-order valence-electron chi connectivity index (χ4n) is 2.98. The molecule has 2 heterocycles. The van der Waals surface area contributed by atoms with Gasteiger partial charge in [-0.05, 0) is 44.9 Å². The van der Waals surface area contributed by atoms with Gasteiger partial charge in [-0.2, -0.15) is 0 Å². The number of hydrogen-bond acceptors (Lipinski definition) is 3. The maximum absolute atomic E-state index is 12.6. The minimum absolute atomic E-state index is 0.0670. The first kappa shape index (κ1) is 17.1. The average Bonchev–Trinajstić information content (AvgIpc) is 2.97. The summed E-state index contributed by atoms with van der Waals surface area (Å²) in [6.45, 7) is 9.47. The summed E-state index contributed by atoms with van der Waals surface area (Å²) < 4.78 is 2.10. The summed E-state index contributed by atoms with van der Waals surface area (Å²) in [5.41, 5.74) is 3.48. The van der Waals surface area contributed by atoms with Crippen LogP contribution in [0.5, 0.6) is 0 Å². The summed E-state index contributed by atoms with van der Waals surface area (Å²) in [7, 11) is 0. The standard InChI is InChI=1S/C20H24N4O/c1-13-5-6-19-17(9-13)10-18(15(3)23-19)20(25)22-11-14(2)12-24-8-7-21-16(24)4/h5-10,14H,11-12H2,1-4H3,(H,22,25). The first-order valence-electron chi connectivity index (χ1n) is 8.58. The number of nitrogens with one attached hydrogen (secondary N) is 1. The predicted octanol–water partition coefficient (Wildman–Crippen LogP) is 3.42. The topological polar surface area (TPSA) is 59.8 Å². The SMILES string of the molecule is Cc1ccc2nc(C)c(C(=O)NCC(C)Cn3ccnc3C)cc2c1. The van der Waals surface area contributed by atoms with Gasteiger partial charge in [0.25, 0.3) is 5.91 Å². The molecular weight excluding hydrogens is 312 g/mol. The molecule has 3 aromatic rings. The maximum atomic E-state index is 12.6. The molecule has 0 fully saturated rings. The lowest BCUT2D eigenvalue weighted by Crippen LogP contribution is -2.30. The molecule has 0 saturated heterocycles. The summed E-state index contributed by atoms with van der Waals surface area (Å²) in [5.74, 6) is 1.23. The number of carbonyl (C=O) groups excluding carboxylic acids is 1. The van der Waals surface area contributed by atoms with E-state index in [2.05, 4.69) is 32.8 Å². The Bertz CT molecular complexity index is 913. The number of fused-ring (bicyclic) bond motifs is 1. The van der Waals surface area contributed by atoms with Crippen LogP contribution in [-0.4, -0.2) is 27.0 Å². The van der Waals surface area contributed by atoms with Gasteiger partial charge in [-0.25, -0.2) is 4.98 Å². The second kappa shape index (κ2) is 7.05. The van der Waals surface area contributed by atoms with Gasteiger partial charge in [0.05, 0.1) is 16.8 Å². The molecule has 0 spiro atoms. The molecule has 3 rings (SSSR count). The number of hydrogen-bond donors (Lipinski definition) is 1. The molecule has 0 aliphatic rings. The van der Waals surface area contributed by atoms with Crippen LogP contribution < -0.4 is 5.32 Å². The first-order valence-corrected chi connectivity index (χ1v) is 8.58. The zero-order chi connectivity index (χ0) is 18.0. The molecule has 1 N–H and O–H groups in total. The molecular formula is C20H24N4O. The summed E-state index contributed by atoms with van der Waals surface area (Å²) in [6.07, 6.45) is 3.76. The third kappa shape index (κ3) is 3.87. The van der Waals surface area contributed by atoms with Crippen molar-refractivity contribution in [2.45, 2.75) is 34.2 Å². The van der Waals surface area contributed by atoms with Crippen LogP contribution in [0.15, 0.2) is 36.7 Å². The monoisotopic (exact) mass is 336 g/mol. The Labute approximate surface area is 148 Å². The van der Waals surface area contributed by atoms with Crippen LogP contribution in [0.25, 0.3) is 10.9 Å². The van der Waals surface area contributed by atoms with Crippen molar-refractivity contribution >= 4 is 16.8 Å². The number of aromatic nitrogens is 3. The van der Waals surface area contributed by atoms with Gasteiger partial charge in [0.15, 0.2) is 0 Å². The van der Waals surface area contributed by atoms with Gasteiger partial charge in [-0.1, -0.05) is 18.6 Å². The van der Waals surface area contributed by atoms with Gasteiger partial charge in [0, 0.05) is 30.9 Å². The quantitative estimate of drug-likeness (QED) is 0.776. The van der Waals surface area contributed by atoms with Crippen LogP contribution in [0, 0.1) is 26.7 Å². The van der Waals surface area contributed by atoms with Gasteiger partial charge < -0.3 is 9.88 Å². The van der Waals surface area contributed by atoms with E-state index in [1.54, 1.807) is 6.20 Å². The highest BCUT2D eigenvalue weighted by Crippen LogP contribution is 2.18. The van der Waals surface area contributed by atoms with Crippen LogP contribution in [0.1, 0.15) is 34.4 Å². The van der Waals surface area contributed by atoms with E-state index < -0.39 is 0 Å². The number of pyridine rings is 1. The largest absolute Gasteiger partial charge is 0.352 e. The van der Waals surface area contributed by atoms with Crippen LogP contribution in [0.3, 0.4) is 0 Å². The molecule has 130 valence electrons. The predicted molar refractivity (Wildman–Crippen MR) is 99.7 cm³/mol. The first-order chi connectivity index (χ1) is 11.9. The second-order valence-electron chi connectivity index (χ2n) is 6.76. The van der Waals surface area contributed by atoms with Crippen molar-refractivity contribution in [3.05, 3.63) is 59.3 Å². The molecule has 1 atom stereocenters. The fourth-order valence-corrected chi connectivity index (χ4v) is 2.98. The van der Waals surface area contributed by atoms with E-state index in [-0.39, 0.29) is 5.91 Å². The minimum Gasteiger partial charge on any atom is -0.352 e. The smallest absolute Gasteiger partial charge is 0.253 e. The lowest BCUT2D eigenvalue weighted by molar-refractivity contribution is 0.0946. The van der Waals surface area contributed by atoms with Gasteiger partial charge in [0.1, 0.15) is 5.82 Å². The molecule has 25 heavy (non-hydrogen) atoms. The number of aryl methyl sites for hydroxylation is 3. The van der Waals surface area contributed by atoms with Crippen molar-refractivity contribution in [3.8, 4) is 0 Å². The van der Waals surface area contributed by atoms with E-state index >= 15 is 0 Å². The maximum Gasteiger partial charge on any atom is 0.253 e. The molecule has 2 aromatic heterocycles. The molecule has 5 heteroatoms. The van der Waals surface area contributed by atoms with Gasteiger partial charge in [-0.15, -0.1) is 0 Å². The highest BCUT2D eigenvalue weighted by molar-refractivity contribution is 5.98. The van der Waals surface area contributed by atoms with Crippen LogP contribution in [-0.2, 0) is 6.54 Å². The molecule has 1 unspecified atom stereocenters. The molecule has 0 saturated carbocycles. The average molecular weight is 336 g/mol. The number of rotatable bonds is 5. The second-order valence-corrected chi connectivity index (χ2v) is 6.76. The third-order valence-corrected chi connectivity index (χ3v) is 4.45. The van der Waals surface area contributed by atoms with Crippen molar-refractivity contribution in [1.82, 2.24) is 19.9 Å². The Morgan fingerprint density at radius 3 is 2.76 bits per heavy atom. The molecule has 5 nitrogen and oxygen atoms in total. The van der Waals surface area contributed by atoms with Crippen molar-refractivity contribution in [3.63, 3.8) is 0 Å². The van der Waals surface area contributed by atoms with E-state index in [1.165, 1.54) is 0 Å². The number of amides is 1. The van der Waals surface area contributed by atoms with E-state index in [9.17, 15) is 4.79 Å². The number of carbonyl (C=O) groups is 1. The number of imidazole rings is 1. The Morgan fingerprint density at radius 2 is 2.04 bits per heavy atom. The Balaban J connectivity index is 1.69. The molecule has 1 amide bonds. The highest BCUT2D eigenvalue weighted by Gasteiger charge is 2.13. The van der Waals surface area contributed by atoms with Gasteiger partial charge in [0.2, 0.25) is 0 Å².